The molecule has 4 heteroatoms. The van der Waals surface area contributed by atoms with E-state index in [9.17, 15) is 4.79 Å². The monoisotopic (exact) mass is 201 g/mol. The molecule has 1 atom stereocenters. The van der Waals surface area contributed by atoms with Gasteiger partial charge in [-0.2, -0.15) is 0 Å². The predicted molar refractivity (Wildman–Crippen MR) is 52.9 cm³/mol. The van der Waals surface area contributed by atoms with Crippen LogP contribution in [0.15, 0.2) is 0 Å². The highest BCUT2D eigenvalue weighted by atomic mass is 16.5. The summed E-state index contributed by atoms with van der Waals surface area (Å²) in [6.45, 7) is 5.83. The topological polar surface area (TPSA) is 49.8 Å². The zero-order valence-corrected chi connectivity index (χ0v) is 8.90. The van der Waals surface area contributed by atoms with Gasteiger partial charge in [0, 0.05) is 19.0 Å². The van der Waals surface area contributed by atoms with Crippen molar-refractivity contribution in [2.45, 2.75) is 26.4 Å². The average molecular weight is 201 g/mol. The minimum absolute atomic E-state index is 0.169. The first-order valence-corrected chi connectivity index (χ1v) is 5.13. The molecule has 0 saturated carbocycles. The van der Waals surface area contributed by atoms with E-state index in [1.54, 1.807) is 4.90 Å². The lowest BCUT2D eigenvalue weighted by molar-refractivity contribution is -0.133. The molecule has 4 nitrogen and oxygen atoms in total. The molecule has 0 bridgehead atoms. The van der Waals surface area contributed by atoms with Gasteiger partial charge in [0.2, 0.25) is 5.91 Å². The van der Waals surface area contributed by atoms with Crippen LogP contribution in [0.1, 0.15) is 20.3 Å². The molecule has 1 N–H and O–H groups in total. The first-order chi connectivity index (χ1) is 6.63. The van der Waals surface area contributed by atoms with Crippen LogP contribution in [0.25, 0.3) is 0 Å². The van der Waals surface area contributed by atoms with E-state index in [2.05, 4.69) is 0 Å². The molecule has 82 valence electrons. The SMILES string of the molecule is CC(C)OCC1CCN(C(=O)CO)C1. The molecular weight excluding hydrogens is 182 g/mol. The van der Waals surface area contributed by atoms with E-state index >= 15 is 0 Å². The van der Waals surface area contributed by atoms with Crippen LogP contribution in [0, 0.1) is 5.92 Å². The molecule has 0 aliphatic carbocycles. The lowest BCUT2D eigenvalue weighted by Crippen LogP contribution is -2.31. The minimum atomic E-state index is -0.377. The molecule has 1 aliphatic heterocycles. The Kier molecular flexibility index (Phi) is 4.35. The summed E-state index contributed by atoms with van der Waals surface area (Å²) in [6.07, 6.45) is 1.23. The highest BCUT2D eigenvalue weighted by Gasteiger charge is 2.25. The van der Waals surface area contributed by atoms with Gasteiger partial charge in [-0.25, -0.2) is 0 Å². The van der Waals surface area contributed by atoms with Crippen molar-refractivity contribution >= 4 is 5.91 Å². The predicted octanol–water partition coefficient (Wildman–Crippen LogP) is 0.252. The minimum Gasteiger partial charge on any atom is -0.387 e. The van der Waals surface area contributed by atoms with Crippen LogP contribution in [0.2, 0.25) is 0 Å². The molecule has 0 aromatic rings. The Morgan fingerprint density at radius 3 is 2.93 bits per heavy atom. The van der Waals surface area contributed by atoms with Gasteiger partial charge in [0.15, 0.2) is 0 Å². The molecule has 0 aromatic heterocycles. The number of hydrogen-bond donors (Lipinski definition) is 1. The van der Waals surface area contributed by atoms with Gasteiger partial charge in [0.1, 0.15) is 6.61 Å². The van der Waals surface area contributed by atoms with Crippen LogP contribution in [0.3, 0.4) is 0 Å². The second kappa shape index (κ2) is 5.32. The Labute approximate surface area is 84.8 Å². The second-order valence-electron chi connectivity index (χ2n) is 4.03. The Morgan fingerprint density at radius 2 is 2.36 bits per heavy atom. The first-order valence-electron chi connectivity index (χ1n) is 5.13. The first kappa shape index (κ1) is 11.5. The fourth-order valence-electron chi connectivity index (χ4n) is 1.62. The summed E-state index contributed by atoms with van der Waals surface area (Å²) in [5, 5.41) is 8.68. The Morgan fingerprint density at radius 1 is 1.64 bits per heavy atom. The Balaban J connectivity index is 2.23. The number of aliphatic hydroxyl groups excluding tert-OH is 1. The summed E-state index contributed by atoms with van der Waals surface area (Å²) in [4.78, 5) is 12.8. The van der Waals surface area contributed by atoms with Crippen LogP contribution in [0.4, 0.5) is 0 Å². The van der Waals surface area contributed by atoms with Crippen molar-refractivity contribution in [1.82, 2.24) is 4.90 Å². The standard InChI is InChI=1S/C10H19NO3/c1-8(2)14-7-9-3-4-11(5-9)10(13)6-12/h8-9,12H,3-7H2,1-2H3. The summed E-state index contributed by atoms with van der Waals surface area (Å²) in [6, 6.07) is 0. The zero-order chi connectivity index (χ0) is 10.6. The molecule has 14 heavy (non-hydrogen) atoms. The van der Waals surface area contributed by atoms with Crippen LogP contribution < -0.4 is 0 Å². The lowest BCUT2D eigenvalue weighted by atomic mass is 10.1. The van der Waals surface area contributed by atoms with Crippen molar-refractivity contribution in [2.24, 2.45) is 5.92 Å². The molecule has 0 spiro atoms. The molecular formula is C10H19NO3. The molecule has 1 fully saturated rings. The van der Waals surface area contributed by atoms with E-state index < -0.39 is 0 Å². The quantitative estimate of drug-likeness (QED) is 0.709. The number of aliphatic hydroxyl groups is 1. The third kappa shape index (κ3) is 3.27. The van der Waals surface area contributed by atoms with Crippen LogP contribution in [0.5, 0.6) is 0 Å². The maximum absolute atomic E-state index is 11.1. The van der Waals surface area contributed by atoms with Gasteiger partial charge < -0.3 is 14.7 Å². The van der Waals surface area contributed by atoms with Crippen molar-refractivity contribution in [3.63, 3.8) is 0 Å². The average Bonchev–Trinajstić information content (AvgIpc) is 2.62. The molecule has 1 heterocycles. The molecule has 1 amide bonds. The third-order valence-electron chi connectivity index (χ3n) is 2.44. The fraction of sp³-hybridized carbons (Fsp3) is 0.900. The van der Waals surface area contributed by atoms with E-state index in [4.69, 9.17) is 9.84 Å². The highest BCUT2D eigenvalue weighted by Crippen LogP contribution is 2.16. The van der Waals surface area contributed by atoms with Crippen molar-refractivity contribution < 1.29 is 14.6 Å². The Hall–Kier alpha value is -0.610. The molecule has 0 aromatic carbocycles. The van der Waals surface area contributed by atoms with E-state index in [0.717, 1.165) is 19.5 Å². The van der Waals surface area contributed by atoms with E-state index in [1.165, 1.54) is 0 Å². The number of carbonyl (C=O) groups is 1. The number of likely N-dealkylation sites (tertiary alicyclic amines) is 1. The molecule has 1 rings (SSSR count). The molecule has 1 aliphatic rings. The van der Waals surface area contributed by atoms with Gasteiger partial charge in [-0.05, 0) is 20.3 Å². The van der Waals surface area contributed by atoms with E-state index in [1.807, 2.05) is 13.8 Å². The van der Waals surface area contributed by atoms with Crippen LogP contribution in [-0.2, 0) is 9.53 Å². The smallest absolute Gasteiger partial charge is 0.248 e. The molecule has 0 radical (unpaired) electrons. The van der Waals surface area contributed by atoms with Crippen molar-refractivity contribution in [3.8, 4) is 0 Å². The lowest BCUT2D eigenvalue weighted by Gasteiger charge is -2.15. The number of carbonyl (C=O) groups excluding carboxylic acids is 1. The second-order valence-corrected chi connectivity index (χ2v) is 4.03. The summed E-state index contributed by atoms with van der Waals surface area (Å²) in [7, 11) is 0. The number of hydrogen-bond acceptors (Lipinski definition) is 3. The largest absolute Gasteiger partial charge is 0.387 e. The summed E-state index contributed by atoms with van der Waals surface area (Å²) < 4.78 is 5.49. The third-order valence-corrected chi connectivity index (χ3v) is 2.44. The van der Waals surface area contributed by atoms with E-state index in [-0.39, 0.29) is 18.6 Å². The summed E-state index contributed by atoms with van der Waals surface area (Å²) in [5.74, 6) is 0.268. The normalized spacial score (nSPS) is 22.0. The van der Waals surface area contributed by atoms with Crippen molar-refractivity contribution in [2.75, 3.05) is 26.3 Å². The zero-order valence-electron chi connectivity index (χ0n) is 8.90. The number of amides is 1. The maximum Gasteiger partial charge on any atom is 0.248 e. The van der Waals surface area contributed by atoms with Gasteiger partial charge in [-0.15, -0.1) is 0 Å². The van der Waals surface area contributed by atoms with Gasteiger partial charge in [-0.3, -0.25) is 4.79 Å². The number of rotatable bonds is 4. The van der Waals surface area contributed by atoms with E-state index in [0.29, 0.717) is 12.5 Å². The fourth-order valence-corrected chi connectivity index (χ4v) is 1.62. The van der Waals surface area contributed by atoms with Gasteiger partial charge in [0.25, 0.3) is 0 Å². The van der Waals surface area contributed by atoms with Crippen LogP contribution in [-0.4, -0.2) is 48.3 Å². The van der Waals surface area contributed by atoms with Gasteiger partial charge in [0.05, 0.1) is 12.7 Å². The number of nitrogens with zero attached hydrogens (tertiary/aromatic N) is 1. The van der Waals surface area contributed by atoms with Gasteiger partial charge >= 0.3 is 0 Å². The van der Waals surface area contributed by atoms with Crippen molar-refractivity contribution in [1.29, 1.82) is 0 Å². The maximum atomic E-state index is 11.1. The molecule has 1 saturated heterocycles. The molecule has 1 unspecified atom stereocenters. The van der Waals surface area contributed by atoms with Crippen molar-refractivity contribution in [3.05, 3.63) is 0 Å². The van der Waals surface area contributed by atoms with Gasteiger partial charge in [-0.1, -0.05) is 0 Å². The summed E-state index contributed by atoms with van der Waals surface area (Å²) >= 11 is 0. The number of ether oxygens (including phenoxy) is 1. The Bertz CT molecular complexity index is 194. The summed E-state index contributed by atoms with van der Waals surface area (Å²) in [5.41, 5.74) is 0. The highest BCUT2D eigenvalue weighted by molar-refractivity contribution is 5.77. The van der Waals surface area contributed by atoms with Crippen LogP contribution >= 0.6 is 0 Å².